The predicted octanol–water partition coefficient (Wildman–Crippen LogP) is 5.97. The Balaban J connectivity index is 2.86. The summed E-state index contributed by atoms with van der Waals surface area (Å²) in [6.07, 6.45) is 8.81. The van der Waals surface area contributed by atoms with E-state index in [0.717, 1.165) is 31.2 Å². The van der Waals surface area contributed by atoms with Crippen molar-refractivity contribution in [1.82, 2.24) is 0 Å². The second-order valence-corrected chi connectivity index (χ2v) is 8.63. The molecule has 1 rings (SSSR count). The second-order valence-electron chi connectivity index (χ2n) is 8.63. The number of aryl methyl sites for hydroxylation is 1. The van der Waals surface area contributed by atoms with Crippen molar-refractivity contribution in [3.05, 3.63) is 23.8 Å². The van der Waals surface area contributed by atoms with E-state index in [1.165, 1.54) is 40.2 Å². The molecule has 3 unspecified atom stereocenters. The molecule has 1 N–H and O–H groups in total. The molecule has 3 atom stereocenters. The molecular weight excluding hydrogens is 408 g/mol. The lowest BCUT2D eigenvalue weighted by Gasteiger charge is -2.27. The summed E-state index contributed by atoms with van der Waals surface area (Å²) in [5, 5.41) is 9.80. The molecule has 0 saturated heterocycles. The average Bonchev–Trinajstić information content (AvgIpc) is 2.72. The predicted molar refractivity (Wildman–Crippen MR) is 126 cm³/mol. The van der Waals surface area contributed by atoms with Gasteiger partial charge in [-0.1, -0.05) is 58.4 Å². The average molecular weight is 451 g/mol. The van der Waals surface area contributed by atoms with Gasteiger partial charge in [0.15, 0.2) is 11.5 Å². The van der Waals surface area contributed by atoms with E-state index in [1.807, 2.05) is 6.07 Å². The normalized spacial score (nSPS) is 13.8. The molecule has 0 aromatic heterocycles. The Labute approximate surface area is 193 Å². The molecule has 32 heavy (non-hydrogen) atoms. The van der Waals surface area contributed by atoms with Crippen LogP contribution in [0.1, 0.15) is 91.0 Å². The van der Waals surface area contributed by atoms with Gasteiger partial charge in [-0.25, -0.2) is 0 Å². The quantitative estimate of drug-likeness (QED) is 0.247. The zero-order chi connectivity index (χ0) is 23.9. The minimum Gasteiger partial charge on any atom is -0.504 e. The lowest BCUT2D eigenvalue weighted by atomic mass is 9.88. The van der Waals surface area contributed by atoms with Gasteiger partial charge in [-0.2, -0.15) is 0 Å². The van der Waals surface area contributed by atoms with Crippen molar-refractivity contribution in [3.63, 3.8) is 0 Å². The van der Waals surface area contributed by atoms with E-state index in [2.05, 4.69) is 13.8 Å². The van der Waals surface area contributed by atoms with Crippen LogP contribution in [0.5, 0.6) is 11.5 Å². The number of carbonyl (C=O) groups excluding carboxylic acids is 2. The molecule has 6 heteroatoms. The fourth-order valence-corrected chi connectivity index (χ4v) is 4.23. The zero-order valence-corrected chi connectivity index (χ0v) is 20.5. The van der Waals surface area contributed by atoms with Crippen LogP contribution in [0.2, 0.25) is 0 Å². The number of hydrogen-bond acceptors (Lipinski definition) is 6. The van der Waals surface area contributed by atoms with Gasteiger partial charge in [0.2, 0.25) is 0 Å². The largest absolute Gasteiger partial charge is 0.504 e. The number of aromatic hydroxyl groups is 1. The Kier molecular flexibility index (Phi) is 13.5. The summed E-state index contributed by atoms with van der Waals surface area (Å²) in [6, 6.07) is 5.22. The summed E-state index contributed by atoms with van der Waals surface area (Å²) in [5.41, 5.74) is 0.976. The third-order valence-corrected chi connectivity index (χ3v) is 5.70. The lowest BCUT2D eigenvalue weighted by molar-refractivity contribution is -0.153. The Bertz CT molecular complexity index is 687. The molecule has 0 aliphatic rings. The molecule has 0 bridgehead atoms. The first-order valence-electron chi connectivity index (χ1n) is 12.0. The van der Waals surface area contributed by atoms with Crippen LogP contribution in [0.25, 0.3) is 0 Å². The summed E-state index contributed by atoms with van der Waals surface area (Å²) < 4.78 is 16.4. The number of hydrogen-bond donors (Lipinski definition) is 1. The van der Waals surface area contributed by atoms with E-state index < -0.39 is 0 Å². The van der Waals surface area contributed by atoms with Gasteiger partial charge in [0.1, 0.15) is 12.2 Å². The van der Waals surface area contributed by atoms with Crippen LogP contribution < -0.4 is 4.74 Å². The van der Waals surface area contributed by atoms with Crippen LogP contribution in [0, 0.1) is 5.92 Å². The number of carbonyl (C=O) groups is 2. The molecule has 6 nitrogen and oxygen atoms in total. The Morgan fingerprint density at radius 1 is 0.906 bits per heavy atom. The summed E-state index contributed by atoms with van der Waals surface area (Å²) in [4.78, 5) is 23.5. The molecule has 1 aromatic rings. The van der Waals surface area contributed by atoms with Gasteiger partial charge in [-0.15, -0.1) is 0 Å². The van der Waals surface area contributed by atoms with E-state index in [1.54, 1.807) is 12.1 Å². The van der Waals surface area contributed by atoms with Crippen LogP contribution in [0.15, 0.2) is 18.2 Å². The van der Waals surface area contributed by atoms with Gasteiger partial charge in [0, 0.05) is 20.3 Å². The van der Waals surface area contributed by atoms with Crippen molar-refractivity contribution < 1.29 is 28.9 Å². The summed E-state index contributed by atoms with van der Waals surface area (Å²) >= 11 is 0. The van der Waals surface area contributed by atoms with Crippen molar-refractivity contribution in [2.45, 2.75) is 104 Å². The standard InChI is InChI=1S/C26H42O6/c1-6-8-9-11-21(10-7-2)16-24(32-20(4)28)18-23(31-19(3)27)14-12-22-13-15-25(29)26(17-22)30-5/h13,15,17,21,23-24,29H,6-12,14,16,18H2,1-5H3. The Morgan fingerprint density at radius 2 is 1.59 bits per heavy atom. The lowest BCUT2D eigenvalue weighted by Crippen LogP contribution is -2.28. The summed E-state index contributed by atoms with van der Waals surface area (Å²) in [7, 11) is 1.51. The number of rotatable bonds is 16. The molecule has 1 aromatic carbocycles. The molecule has 0 heterocycles. The van der Waals surface area contributed by atoms with Gasteiger partial charge < -0.3 is 19.3 Å². The first-order chi connectivity index (χ1) is 15.3. The van der Waals surface area contributed by atoms with Crippen molar-refractivity contribution in [1.29, 1.82) is 0 Å². The van der Waals surface area contributed by atoms with E-state index in [4.69, 9.17) is 14.2 Å². The first-order valence-corrected chi connectivity index (χ1v) is 12.0. The Morgan fingerprint density at radius 3 is 2.19 bits per heavy atom. The van der Waals surface area contributed by atoms with Crippen LogP contribution >= 0.6 is 0 Å². The summed E-state index contributed by atoms with van der Waals surface area (Å²) in [6.45, 7) is 7.22. The third-order valence-electron chi connectivity index (χ3n) is 5.70. The van der Waals surface area contributed by atoms with Crippen molar-refractivity contribution in [2.75, 3.05) is 7.11 Å². The minimum absolute atomic E-state index is 0.0905. The number of benzene rings is 1. The highest BCUT2D eigenvalue weighted by Crippen LogP contribution is 2.28. The maximum atomic E-state index is 11.8. The van der Waals surface area contributed by atoms with E-state index >= 15 is 0 Å². The smallest absolute Gasteiger partial charge is 0.302 e. The van der Waals surface area contributed by atoms with Gasteiger partial charge >= 0.3 is 11.9 Å². The number of methoxy groups -OCH3 is 1. The fraction of sp³-hybridized carbons (Fsp3) is 0.692. The monoisotopic (exact) mass is 450 g/mol. The van der Waals surface area contributed by atoms with Crippen molar-refractivity contribution in [3.8, 4) is 11.5 Å². The molecular formula is C26H42O6. The molecule has 0 aliphatic carbocycles. The maximum Gasteiger partial charge on any atom is 0.302 e. The van der Waals surface area contributed by atoms with E-state index in [0.29, 0.717) is 30.9 Å². The summed E-state index contributed by atoms with van der Waals surface area (Å²) in [5.74, 6) is 0.360. The number of esters is 2. The van der Waals surface area contributed by atoms with E-state index in [-0.39, 0.29) is 29.9 Å². The highest BCUT2D eigenvalue weighted by Gasteiger charge is 2.24. The highest BCUT2D eigenvalue weighted by molar-refractivity contribution is 5.66. The fourth-order valence-electron chi connectivity index (χ4n) is 4.23. The van der Waals surface area contributed by atoms with E-state index in [9.17, 15) is 14.7 Å². The molecule has 0 radical (unpaired) electrons. The SMILES string of the molecule is CCCCCC(CCC)CC(CC(CCc1ccc(O)c(OC)c1)OC(C)=O)OC(C)=O. The minimum atomic E-state index is -0.352. The van der Waals surface area contributed by atoms with Gasteiger partial charge in [-0.3, -0.25) is 9.59 Å². The van der Waals surface area contributed by atoms with Gasteiger partial charge in [-0.05, 0) is 42.9 Å². The molecule has 0 amide bonds. The van der Waals surface area contributed by atoms with Crippen molar-refractivity contribution >= 4 is 11.9 Å². The second kappa shape index (κ2) is 15.5. The molecule has 0 aliphatic heterocycles. The number of unbranched alkanes of at least 4 members (excludes halogenated alkanes) is 2. The molecule has 0 fully saturated rings. The van der Waals surface area contributed by atoms with Crippen LogP contribution in [0.4, 0.5) is 0 Å². The number of phenolic OH excluding ortho intramolecular Hbond substituents is 1. The Hall–Kier alpha value is -2.24. The van der Waals surface area contributed by atoms with Crippen LogP contribution in [-0.4, -0.2) is 36.4 Å². The zero-order valence-electron chi connectivity index (χ0n) is 20.5. The van der Waals surface area contributed by atoms with Crippen molar-refractivity contribution in [2.24, 2.45) is 5.92 Å². The molecule has 182 valence electrons. The number of ether oxygens (including phenoxy) is 3. The first kappa shape index (κ1) is 27.8. The van der Waals surface area contributed by atoms with Gasteiger partial charge in [0.05, 0.1) is 7.11 Å². The van der Waals surface area contributed by atoms with Crippen LogP contribution in [-0.2, 0) is 25.5 Å². The number of phenols is 1. The van der Waals surface area contributed by atoms with Crippen LogP contribution in [0.3, 0.4) is 0 Å². The highest BCUT2D eigenvalue weighted by atomic mass is 16.6. The maximum absolute atomic E-state index is 11.8. The molecule has 0 saturated carbocycles. The molecule has 0 spiro atoms. The topological polar surface area (TPSA) is 82.1 Å². The van der Waals surface area contributed by atoms with Gasteiger partial charge in [0.25, 0.3) is 0 Å². The third kappa shape index (κ3) is 11.4.